The van der Waals surface area contributed by atoms with Crippen LogP contribution in [0.3, 0.4) is 0 Å². The smallest absolute Gasteiger partial charge is 0.0700 e. The van der Waals surface area contributed by atoms with Crippen LogP contribution in [0.5, 0.6) is 0 Å². The van der Waals surface area contributed by atoms with E-state index in [2.05, 4.69) is 35.0 Å². The van der Waals surface area contributed by atoms with Crippen LogP contribution in [-0.4, -0.2) is 38.0 Å². The first-order valence-electron chi connectivity index (χ1n) is 7.20. The quantitative estimate of drug-likeness (QED) is 0.714. The van der Waals surface area contributed by atoms with Crippen LogP contribution >= 0.6 is 0 Å². The molecule has 1 heterocycles. The molecule has 0 aliphatic carbocycles. The molecule has 1 aromatic heterocycles. The van der Waals surface area contributed by atoms with Crippen molar-refractivity contribution in [2.45, 2.75) is 19.4 Å². The van der Waals surface area contributed by atoms with Gasteiger partial charge in [-0.3, -0.25) is 0 Å². The molecule has 0 saturated carbocycles. The molecule has 4 nitrogen and oxygen atoms in total. The van der Waals surface area contributed by atoms with Crippen molar-refractivity contribution in [2.75, 3.05) is 33.5 Å². The third-order valence-electron chi connectivity index (χ3n) is 3.41. The number of fused-ring (bicyclic) bond motifs is 1. The van der Waals surface area contributed by atoms with Crippen LogP contribution in [0.4, 0.5) is 0 Å². The van der Waals surface area contributed by atoms with Crippen LogP contribution in [0.25, 0.3) is 10.9 Å². The molecule has 0 spiro atoms. The Morgan fingerprint density at radius 1 is 1.15 bits per heavy atom. The Bertz CT molecular complexity index is 522. The molecule has 4 heteroatoms. The van der Waals surface area contributed by atoms with Crippen LogP contribution in [0.2, 0.25) is 0 Å². The number of nitrogens with two attached hydrogens (primary N) is 1. The van der Waals surface area contributed by atoms with Gasteiger partial charge in [-0.2, -0.15) is 0 Å². The van der Waals surface area contributed by atoms with Gasteiger partial charge in [-0.25, -0.2) is 0 Å². The lowest BCUT2D eigenvalue weighted by molar-refractivity contribution is 0.0681. The van der Waals surface area contributed by atoms with Gasteiger partial charge in [-0.1, -0.05) is 18.2 Å². The first-order chi connectivity index (χ1) is 9.86. The molecule has 0 atom stereocenters. The maximum Gasteiger partial charge on any atom is 0.0700 e. The summed E-state index contributed by atoms with van der Waals surface area (Å²) in [5, 5.41) is 1.29. The maximum atomic E-state index is 5.70. The lowest BCUT2D eigenvalue weighted by Gasteiger charge is -2.10. The van der Waals surface area contributed by atoms with E-state index in [1.54, 1.807) is 7.11 Å². The van der Waals surface area contributed by atoms with E-state index >= 15 is 0 Å². The SMILES string of the molecule is COCCOCCCn1ccc2cccc(CCN)c21. The third-order valence-corrected chi connectivity index (χ3v) is 3.41. The molecular formula is C16H24N2O2. The largest absolute Gasteiger partial charge is 0.382 e. The molecular weight excluding hydrogens is 252 g/mol. The fourth-order valence-corrected chi connectivity index (χ4v) is 2.47. The molecule has 1 aromatic carbocycles. The highest BCUT2D eigenvalue weighted by Crippen LogP contribution is 2.21. The van der Waals surface area contributed by atoms with E-state index in [0.717, 1.165) is 26.0 Å². The zero-order valence-corrected chi connectivity index (χ0v) is 12.2. The fraction of sp³-hybridized carbons (Fsp3) is 0.500. The topological polar surface area (TPSA) is 49.4 Å². The third kappa shape index (κ3) is 3.82. The fourth-order valence-electron chi connectivity index (χ4n) is 2.47. The van der Waals surface area contributed by atoms with E-state index in [1.165, 1.54) is 16.5 Å². The van der Waals surface area contributed by atoms with Gasteiger partial charge in [0.05, 0.1) is 18.7 Å². The molecule has 0 saturated heterocycles. The number of hydrogen-bond donors (Lipinski definition) is 1. The highest BCUT2D eigenvalue weighted by molar-refractivity contribution is 5.83. The van der Waals surface area contributed by atoms with Crippen molar-refractivity contribution in [1.29, 1.82) is 0 Å². The van der Waals surface area contributed by atoms with Crippen molar-refractivity contribution in [3.05, 3.63) is 36.0 Å². The van der Waals surface area contributed by atoms with Gasteiger partial charge in [0.1, 0.15) is 0 Å². The van der Waals surface area contributed by atoms with Gasteiger partial charge in [0.15, 0.2) is 0 Å². The average Bonchev–Trinajstić information content (AvgIpc) is 2.87. The number of rotatable bonds is 9. The van der Waals surface area contributed by atoms with Crippen molar-refractivity contribution < 1.29 is 9.47 Å². The molecule has 0 amide bonds. The number of benzene rings is 1. The molecule has 2 N–H and O–H groups in total. The Labute approximate surface area is 120 Å². The lowest BCUT2D eigenvalue weighted by Crippen LogP contribution is -2.08. The monoisotopic (exact) mass is 276 g/mol. The molecule has 0 aliphatic heterocycles. The van der Waals surface area contributed by atoms with Crippen LogP contribution in [0.15, 0.2) is 30.5 Å². The predicted molar refractivity (Wildman–Crippen MR) is 82.0 cm³/mol. The Hall–Kier alpha value is -1.36. The van der Waals surface area contributed by atoms with Gasteiger partial charge in [0.25, 0.3) is 0 Å². The van der Waals surface area contributed by atoms with Crippen LogP contribution in [0, 0.1) is 0 Å². The number of methoxy groups -OCH3 is 1. The van der Waals surface area contributed by atoms with E-state index < -0.39 is 0 Å². The summed E-state index contributed by atoms with van der Waals surface area (Å²) in [6, 6.07) is 8.59. The molecule has 110 valence electrons. The number of nitrogens with zero attached hydrogens (tertiary/aromatic N) is 1. The van der Waals surface area contributed by atoms with Gasteiger partial charge in [-0.15, -0.1) is 0 Å². The van der Waals surface area contributed by atoms with E-state index in [1.807, 2.05) is 0 Å². The number of hydrogen-bond acceptors (Lipinski definition) is 3. The van der Waals surface area contributed by atoms with E-state index in [4.69, 9.17) is 15.2 Å². The normalized spacial score (nSPS) is 11.3. The molecule has 0 aliphatic rings. The summed E-state index contributed by atoms with van der Waals surface area (Å²) < 4.78 is 12.8. The standard InChI is InChI=1S/C16H24N2O2/c1-19-12-13-20-11-3-9-18-10-7-15-5-2-4-14(6-8-17)16(15)18/h2,4-5,7,10H,3,6,8-9,11-13,17H2,1H3. The second-order valence-corrected chi connectivity index (χ2v) is 4.86. The maximum absolute atomic E-state index is 5.70. The first-order valence-corrected chi connectivity index (χ1v) is 7.20. The zero-order valence-electron chi connectivity index (χ0n) is 12.2. The summed E-state index contributed by atoms with van der Waals surface area (Å²) in [6.45, 7) is 3.75. The summed E-state index contributed by atoms with van der Waals surface area (Å²) in [5.41, 5.74) is 8.34. The van der Waals surface area contributed by atoms with Gasteiger partial charge >= 0.3 is 0 Å². The van der Waals surface area contributed by atoms with Crippen molar-refractivity contribution in [3.8, 4) is 0 Å². The highest BCUT2D eigenvalue weighted by Gasteiger charge is 2.05. The minimum absolute atomic E-state index is 0.660. The summed E-state index contributed by atoms with van der Waals surface area (Å²) >= 11 is 0. The number of ether oxygens (including phenoxy) is 2. The van der Waals surface area contributed by atoms with Gasteiger partial charge in [0, 0.05) is 26.5 Å². The number of aromatic nitrogens is 1. The lowest BCUT2D eigenvalue weighted by atomic mass is 10.1. The molecule has 0 unspecified atom stereocenters. The van der Waals surface area contributed by atoms with E-state index in [9.17, 15) is 0 Å². The summed E-state index contributed by atoms with van der Waals surface area (Å²) in [4.78, 5) is 0. The Morgan fingerprint density at radius 3 is 2.85 bits per heavy atom. The zero-order chi connectivity index (χ0) is 14.2. The van der Waals surface area contributed by atoms with Crippen molar-refractivity contribution in [2.24, 2.45) is 5.73 Å². The second kappa shape index (κ2) is 8.04. The summed E-state index contributed by atoms with van der Waals surface area (Å²) in [5.74, 6) is 0. The van der Waals surface area contributed by atoms with Crippen molar-refractivity contribution in [1.82, 2.24) is 4.57 Å². The van der Waals surface area contributed by atoms with Crippen LogP contribution < -0.4 is 5.73 Å². The van der Waals surface area contributed by atoms with Crippen molar-refractivity contribution >= 4 is 10.9 Å². The summed E-state index contributed by atoms with van der Waals surface area (Å²) in [7, 11) is 1.69. The molecule has 0 fully saturated rings. The average molecular weight is 276 g/mol. The summed E-state index contributed by atoms with van der Waals surface area (Å²) in [6.07, 6.45) is 4.08. The molecule has 2 aromatic rings. The van der Waals surface area contributed by atoms with Gasteiger partial charge in [0.2, 0.25) is 0 Å². The minimum atomic E-state index is 0.660. The molecule has 0 bridgehead atoms. The molecule has 20 heavy (non-hydrogen) atoms. The Morgan fingerprint density at radius 2 is 2.05 bits per heavy atom. The molecule has 0 radical (unpaired) electrons. The Kier molecular flexibility index (Phi) is 6.05. The van der Waals surface area contributed by atoms with Gasteiger partial charge in [-0.05, 0) is 36.4 Å². The van der Waals surface area contributed by atoms with Crippen LogP contribution in [0.1, 0.15) is 12.0 Å². The van der Waals surface area contributed by atoms with Crippen molar-refractivity contribution in [3.63, 3.8) is 0 Å². The predicted octanol–water partition coefficient (Wildman–Crippen LogP) is 2.20. The Balaban J connectivity index is 1.96. The molecule has 2 rings (SSSR count). The van der Waals surface area contributed by atoms with E-state index in [-0.39, 0.29) is 0 Å². The van der Waals surface area contributed by atoms with Gasteiger partial charge < -0.3 is 19.8 Å². The first kappa shape index (κ1) is 15.0. The van der Waals surface area contributed by atoms with Crippen LogP contribution in [-0.2, 0) is 22.4 Å². The number of para-hydroxylation sites is 1. The minimum Gasteiger partial charge on any atom is -0.382 e. The number of aryl methyl sites for hydroxylation is 1. The van der Waals surface area contributed by atoms with E-state index in [0.29, 0.717) is 19.8 Å². The highest BCUT2D eigenvalue weighted by atomic mass is 16.5. The second-order valence-electron chi connectivity index (χ2n) is 4.86.